The Balaban J connectivity index is 0.000000810. The van der Waals surface area contributed by atoms with Crippen LogP contribution in [0.25, 0.3) is 6.08 Å². The van der Waals surface area contributed by atoms with Crippen molar-refractivity contribution >= 4 is 17.7 Å². The first kappa shape index (κ1) is 9.18. The molecule has 0 nitrogen and oxygen atoms in total. The molecule has 0 fully saturated rings. The molecule has 0 aromatic heterocycles. The number of hydrogen-bond donors (Lipinski definition) is 0. The van der Waals surface area contributed by atoms with E-state index in [1.807, 2.05) is 24.3 Å². The van der Waals surface area contributed by atoms with Crippen molar-refractivity contribution in [3.8, 4) is 0 Å². The summed E-state index contributed by atoms with van der Waals surface area (Å²) in [5, 5.41) is 0.764. The molecular formula is C8H8ClF. The Bertz CT molecular complexity index is 203. The molecule has 2 heteroatoms. The summed E-state index contributed by atoms with van der Waals surface area (Å²) < 4.78 is 0. The van der Waals surface area contributed by atoms with Crippen LogP contribution in [0.2, 0.25) is 5.02 Å². The number of benzene rings is 1. The average molecular weight is 159 g/mol. The third-order valence-corrected chi connectivity index (χ3v) is 1.36. The molecule has 0 N–H and O–H groups in total. The molecule has 1 aromatic rings. The second-order valence-electron chi connectivity index (χ2n) is 1.76. The SMILES string of the molecule is C=Cc1ccc(Cl)cc1.F. The zero-order chi connectivity index (χ0) is 6.69. The van der Waals surface area contributed by atoms with Crippen LogP contribution in [0.1, 0.15) is 5.56 Å². The summed E-state index contributed by atoms with van der Waals surface area (Å²) in [6, 6.07) is 7.54. The maximum atomic E-state index is 5.63. The predicted molar refractivity (Wildman–Crippen MR) is 44.0 cm³/mol. The molecule has 0 atom stereocenters. The minimum absolute atomic E-state index is 0. The molecule has 0 radical (unpaired) electrons. The normalized spacial score (nSPS) is 8.10. The van der Waals surface area contributed by atoms with E-state index in [-0.39, 0.29) is 4.70 Å². The van der Waals surface area contributed by atoms with Crippen molar-refractivity contribution in [2.75, 3.05) is 0 Å². The molecule has 0 unspecified atom stereocenters. The predicted octanol–water partition coefficient (Wildman–Crippen LogP) is 3.14. The molecule has 10 heavy (non-hydrogen) atoms. The highest BCUT2D eigenvalue weighted by atomic mass is 35.5. The van der Waals surface area contributed by atoms with Crippen molar-refractivity contribution in [3.63, 3.8) is 0 Å². The Morgan fingerprint density at radius 1 is 1.20 bits per heavy atom. The van der Waals surface area contributed by atoms with E-state index >= 15 is 0 Å². The van der Waals surface area contributed by atoms with Crippen molar-refractivity contribution in [3.05, 3.63) is 41.4 Å². The lowest BCUT2D eigenvalue weighted by Gasteiger charge is -1.89. The van der Waals surface area contributed by atoms with Crippen LogP contribution >= 0.6 is 11.6 Å². The molecule has 1 rings (SSSR count). The molecule has 0 aliphatic heterocycles. The van der Waals surface area contributed by atoms with Gasteiger partial charge in [0, 0.05) is 5.02 Å². The fourth-order valence-corrected chi connectivity index (χ4v) is 0.725. The summed E-state index contributed by atoms with van der Waals surface area (Å²) in [4.78, 5) is 0. The lowest BCUT2D eigenvalue weighted by atomic mass is 10.2. The van der Waals surface area contributed by atoms with Crippen molar-refractivity contribution in [1.82, 2.24) is 0 Å². The van der Waals surface area contributed by atoms with Gasteiger partial charge in [-0.1, -0.05) is 36.4 Å². The van der Waals surface area contributed by atoms with E-state index < -0.39 is 0 Å². The largest absolute Gasteiger partial charge is 0.269 e. The van der Waals surface area contributed by atoms with Crippen molar-refractivity contribution in [1.29, 1.82) is 0 Å². The van der Waals surface area contributed by atoms with Gasteiger partial charge in [0.05, 0.1) is 0 Å². The molecule has 0 aliphatic rings. The van der Waals surface area contributed by atoms with Crippen LogP contribution in [0.15, 0.2) is 30.8 Å². The minimum atomic E-state index is 0. The Kier molecular flexibility index (Phi) is 3.74. The van der Waals surface area contributed by atoms with E-state index in [4.69, 9.17) is 11.6 Å². The lowest BCUT2D eigenvalue weighted by molar-refractivity contribution is 1.11. The molecule has 0 amide bonds. The van der Waals surface area contributed by atoms with Gasteiger partial charge in [-0.2, -0.15) is 0 Å². The number of halogens is 2. The summed E-state index contributed by atoms with van der Waals surface area (Å²) in [5.41, 5.74) is 1.10. The van der Waals surface area contributed by atoms with Crippen molar-refractivity contribution < 1.29 is 4.70 Å². The van der Waals surface area contributed by atoms with Crippen LogP contribution in [0.4, 0.5) is 4.70 Å². The van der Waals surface area contributed by atoms with Crippen LogP contribution in [-0.4, -0.2) is 0 Å². The first-order chi connectivity index (χ1) is 4.33. The summed E-state index contributed by atoms with van der Waals surface area (Å²) in [7, 11) is 0. The third kappa shape index (κ3) is 2.19. The van der Waals surface area contributed by atoms with Crippen LogP contribution < -0.4 is 0 Å². The fourth-order valence-electron chi connectivity index (χ4n) is 0.599. The molecule has 0 bridgehead atoms. The van der Waals surface area contributed by atoms with E-state index in [1.54, 1.807) is 6.08 Å². The van der Waals surface area contributed by atoms with Gasteiger partial charge in [0.15, 0.2) is 0 Å². The standard InChI is InChI=1S/C8H7Cl.FH/c1-2-7-3-5-8(9)6-4-7;/h2-6H,1H2;1H. The molecule has 0 spiro atoms. The van der Waals surface area contributed by atoms with Gasteiger partial charge in [0.25, 0.3) is 0 Å². The van der Waals surface area contributed by atoms with Crippen molar-refractivity contribution in [2.24, 2.45) is 0 Å². The van der Waals surface area contributed by atoms with Crippen LogP contribution in [-0.2, 0) is 0 Å². The Morgan fingerprint density at radius 3 is 2.10 bits per heavy atom. The maximum Gasteiger partial charge on any atom is 0.0406 e. The quantitative estimate of drug-likeness (QED) is 0.589. The molecule has 0 saturated carbocycles. The highest BCUT2D eigenvalue weighted by Crippen LogP contribution is 2.09. The summed E-state index contributed by atoms with van der Waals surface area (Å²) >= 11 is 5.63. The van der Waals surface area contributed by atoms with Gasteiger partial charge in [-0.3, -0.25) is 4.70 Å². The van der Waals surface area contributed by atoms with Gasteiger partial charge in [-0.15, -0.1) is 0 Å². The van der Waals surface area contributed by atoms with E-state index in [9.17, 15) is 0 Å². The Labute approximate surface area is 64.5 Å². The Hall–Kier alpha value is -0.820. The van der Waals surface area contributed by atoms with Crippen molar-refractivity contribution in [2.45, 2.75) is 0 Å². The number of hydrogen-bond acceptors (Lipinski definition) is 0. The first-order valence-electron chi connectivity index (χ1n) is 2.71. The topological polar surface area (TPSA) is 0 Å². The molecular weight excluding hydrogens is 151 g/mol. The van der Waals surface area contributed by atoms with Gasteiger partial charge in [-0.25, -0.2) is 0 Å². The maximum absolute atomic E-state index is 5.63. The van der Waals surface area contributed by atoms with Gasteiger partial charge in [0.2, 0.25) is 0 Å². The molecule has 0 heterocycles. The lowest BCUT2D eigenvalue weighted by Crippen LogP contribution is -1.67. The van der Waals surface area contributed by atoms with E-state index in [2.05, 4.69) is 6.58 Å². The molecule has 0 saturated heterocycles. The second-order valence-corrected chi connectivity index (χ2v) is 2.19. The molecule has 1 aromatic carbocycles. The monoisotopic (exact) mass is 158 g/mol. The summed E-state index contributed by atoms with van der Waals surface area (Å²) in [6.45, 7) is 3.62. The Morgan fingerprint density at radius 2 is 1.70 bits per heavy atom. The van der Waals surface area contributed by atoms with Crippen LogP contribution in [0, 0.1) is 0 Å². The second kappa shape index (κ2) is 4.07. The van der Waals surface area contributed by atoms with Crippen LogP contribution in [0.3, 0.4) is 0 Å². The van der Waals surface area contributed by atoms with Gasteiger partial charge in [-0.05, 0) is 17.7 Å². The number of rotatable bonds is 1. The fraction of sp³-hybridized carbons (Fsp3) is 0. The minimum Gasteiger partial charge on any atom is -0.269 e. The molecule has 54 valence electrons. The van der Waals surface area contributed by atoms with Crippen LogP contribution in [0.5, 0.6) is 0 Å². The van der Waals surface area contributed by atoms with Gasteiger partial charge < -0.3 is 0 Å². The summed E-state index contributed by atoms with van der Waals surface area (Å²) in [6.07, 6.45) is 1.79. The smallest absolute Gasteiger partial charge is 0.0406 e. The highest BCUT2D eigenvalue weighted by molar-refractivity contribution is 6.30. The zero-order valence-electron chi connectivity index (χ0n) is 5.38. The van der Waals surface area contributed by atoms with E-state index in [0.29, 0.717) is 0 Å². The van der Waals surface area contributed by atoms with Gasteiger partial charge >= 0.3 is 0 Å². The third-order valence-electron chi connectivity index (χ3n) is 1.11. The first-order valence-corrected chi connectivity index (χ1v) is 3.09. The highest BCUT2D eigenvalue weighted by Gasteiger charge is 1.84. The van der Waals surface area contributed by atoms with E-state index in [1.165, 1.54) is 0 Å². The average Bonchev–Trinajstić information content (AvgIpc) is 1.90. The van der Waals surface area contributed by atoms with Gasteiger partial charge in [0.1, 0.15) is 0 Å². The summed E-state index contributed by atoms with van der Waals surface area (Å²) in [5.74, 6) is 0. The molecule has 0 aliphatic carbocycles. The zero-order valence-corrected chi connectivity index (χ0v) is 6.14. The van der Waals surface area contributed by atoms with E-state index in [0.717, 1.165) is 10.6 Å².